The SMILES string of the molecule is CC(=O)NCCN1CCC[C@@H](C2CN(c3cncc(N[C@H](C)c4ccc(Cl)cc4Cl)n3)C2)C1. The second-order valence-corrected chi connectivity index (χ2v) is 9.99. The van der Waals surface area contributed by atoms with Gasteiger partial charge in [-0.1, -0.05) is 29.3 Å². The van der Waals surface area contributed by atoms with E-state index in [1.54, 1.807) is 19.2 Å². The number of aromatic nitrogens is 2. The van der Waals surface area contributed by atoms with Crippen LogP contribution >= 0.6 is 23.2 Å². The second-order valence-electron chi connectivity index (χ2n) is 9.15. The van der Waals surface area contributed by atoms with Gasteiger partial charge >= 0.3 is 0 Å². The summed E-state index contributed by atoms with van der Waals surface area (Å²) in [5.74, 6) is 3.06. The summed E-state index contributed by atoms with van der Waals surface area (Å²) in [5, 5.41) is 7.57. The summed E-state index contributed by atoms with van der Waals surface area (Å²) in [5.41, 5.74) is 0.970. The molecule has 178 valence electrons. The fourth-order valence-electron chi connectivity index (χ4n) is 4.80. The molecule has 1 aromatic carbocycles. The molecule has 2 aliphatic rings. The van der Waals surface area contributed by atoms with Crippen molar-refractivity contribution in [2.45, 2.75) is 32.7 Å². The summed E-state index contributed by atoms with van der Waals surface area (Å²) in [7, 11) is 0. The Kier molecular flexibility index (Phi) is 7.94. The molecule has 2 fully saturated rings. The molecule has 2 aromatic rings. The number of rotatable bonds is 8. The minimum atomic E-state index is -0.0193. The van der Waals surface area contributed by atoms with Crippen molar-refractivity contribution in [3.63, 3.8) is 0 Å². The minimum Gasteiger partial charge on any atom is -0.362 e. The van der Waals surface area contributed by atoms with E-state index in [-0.39, 0.29) is 11.9 Å². The molecule has 1 amide bonds. The zero-order valence-corrected chi connectivity index (χ0v) is 20.7. The Labute approximate surface area is 205 Å². The van der Waals surface area contributed by atoms with Crippen molar-refractivity contribution in [1.82, 2.24) is 20.2 Å². The van der Waals surface area contributed by atoms with Gasteiger partial charge in [-0.05, 0) is 55.8 Å². The van der Waals surface area contributed by atoms with E-state index < -0.39 is 0 Å². The Bertz CT molecular complexity index is 968. The molecule has 2 atom stereocenters. The number of amides is 1. The number of hydrogen-bond donors (Lipinski definition) is 2. The first-order valence-electron chi connectivity index (χ1n) is 11.6. The molecule has 0 spiro atoms. The van der Waals surface area contributed by atoms with Crippen molar-refractivity contribution in [3.8, 4) is 0 Å². The molecule has 0 bridgehead atoms. The molecule has 0 saturated carbocycles. The van der Waals surface area contributed by atoms with Gasteiger partial charge in [0.05, 0.1) is 18.4 Å². The molecule has 3 heterocycles. The molecular formula is C24H32Cl2N6O. The number of hydrogen-bond acceptors (Lipinski definition) is 6. The van der Waals surface area contributed by atoms with Gasteiger partial charge in [0, 0.05) is 49.7 Å². The van der Waals surface area contributed by atoms with Crippen molar-refractivity contribution in [3.05, 3.63) is 46.2 Å². The van der Waals surface area contributed by atoms with E-state index in [9.17, 15) is 4.79 Å². The average Bonchev–Trinajstić information content (AvgIpc) is 2.73. The maximum absolute atomic E-state index is 11.1. The van der Waals surface area contributed by atoms with E-state index in [1.165, 1.54) is 12.8 Å². The maximum atomic E-state index is 11.1. The lowest BCUT2D eigenvalue weighted by Crippen LogP contribution is -2.54. The summed E-state index contributed by atoms with van der Waals surface area (Å²) in [6, 6.07) is 5.51. The van der Waals surface area contributed by atoms with Crippen LogP contribution in [0.1, 0.15) is 38.3 Å². The Morgan fingerprint density at radius 3 is 2.79 bits per heavy atom. The summed E-state index contributed by atoms with van der Waals surface area (Å²) < 4.78 is 0. The Balaban J connectivity index is 1.29. The summed E-state index contributed by atoms with van der Waals surface area (Å²) in [4.78, 5) is 25.1. The standard InChI is InChI=1S/C24H32Cl2N6O/c1-16(21-6-5-20(25)10-22(21)26)29-23-11-27-12-24(30-23)32-14-19(15-32)18-4-3-8-31(13-18)9-7-28-17(2)33/h5-6,10-12,16,18-19H,3-4,7-9,13-15H2,1-2H3,(H,28,33)(H,29,30)/t16-,18-/m1/s1. The zero-order valence-electron chi connectivity index (χ0n) is 19.2. The zero-order chi connectivity index (χ0) is 23.4. The molecule has 0 aliphatic carbocycles. The number of likely N-dealkylation sites (tertiary alicyclic amines) is 1. The Hall–Kier alpha value is -2.09. The molecule has 9 heteroatoms. The van der Waals surface area contributed by atoms with Crippen molar-refractivity contribution in [2.24, 2.45) is 11.8 Å². The molecule has 7 nitrogen and oxygen atoms in total. The highest BCUT2D eigenvalue weighted by atomic mass is 35.5. The fraction of sp³-hybridized carbons (Fsp3) is 0.542. The predicted octanol–water partition coefficient (Wildman–Crippen LogP) is 4.24. The van der Waals surface area contributed by atoms with Gasteiger partial charge in [0.2, 0.25) is 5.91 Å². The van der Waals surface area contributed by atoms with Crippen LogP contribution < -0.4 is 15.5 Å². The number of nitrogens with one attached hydrogen (secondary N) is 2. The summed E-state index contributed by atoms with van der Waals surface area (Å²) in [6.07, 6.45) is 6.09. The first kappa shape index (κ1) is 24.0. The monoisotopic (exact) mass is 490 g/mol. The van der Waals surface area contributed by atoms with Crippen molar-refractivity contribution in [2.75, 3.05) is 49.5 Å². The number of halogens is 2. The third-order valence-corrected chi connectivity index (χ3v) is 7.22. The molecule has 33 heavy (non-hydrogen) atoms. The van der Waals surface area contributed by atoms with Gasteiger partial charge in [0.25, 0.3) is 0 Å². The average molecular weight is 491 g/mol. The van der Waals surface area contributed by atoms with E-state index in [4.69, 9.17) is 28.2 Å². The third kappa shape index (κ3) is 6.28. The lowest BCUT2D eigenvalue weighted by atomic mass is 9.80. The van der Waals surface area contributed by atoms with Gasteiger partial charge < -0.3 is 20.4 Å². The predicted molar refractivity (Wildman–Crippen MR) is 134 cm³/mol. The highest BCUT2D eigenvalue weighted by Crippen LogP contribution is 2.34. The van der Waals surface area contributed by atoms with Gasteiger partial charge in [0.1, 0.15) is 11.6 Å². The van der Waals surface area contributed by atoms with Crippen LogP contribution in [-0.2, 0) is 4.79 Å². The fourth-order valence-corrected chi connectivity index (χ4v) is 5.37. The van der Waals surface area contributed by atoms with Crippen LogP contribution in [-0.4, -0.2) is 60.0 Å². The van der Waals surface area contributed by atoms with Crippen LogP contribution in [0.2, 0.25) is 10.0 Å². The van der Waals surface area contributed by atoms with Crippen LogP contribution in [0.25, 0.3) is 0 Å². The topological polar surface area (TPSA) is 73.4 Å². The molecule has 0 radical (unpaired) electrons. The number of carbonyl (C=O) groups excluding carboxylic acids is 1. The lowest BCUT2D eigenvalue weighted by molar-refractivity contribution is -0.119. The largest absolute Gasteiger partial charge is 0.362 e. The highest BCUT2D eigenvalue weighted by Gasteiger charge is 2.36. The molecular weight excluding hydrogens is 459 g/mol. The normalized spacial score (nSPS) is 20.2. The second kappa shape index (κ2) is 10.9. The number of piperidine rings is 1. The molecule has 1 aromatic heterocycles. The van der Waals surface area contributed by atoms with Crippen LogP contribution in [0, 0.1) is 11.8 Å². The van der Waals surface area contributed by atoms with Gasteiger partial charge in [-0.15, -0.1) is 0 Å². The quantitative estimate of drug-likeness (QED) is 0.576. The number of carbonyl (C=O) groups is 1. The van der Waals surface area contributed by atoms with Crippen LogP contribution in [0.5, 0.6) is 0 Å². The van der Waals surface area contributed by atoms with Gasteiger partial charge in [-0.2, -0.15) is 0 Å². The first-order valence-corrected chi connectivity index (χ1v) is 12.4. The van der Waals surface area contributed by atoms with Gasteiger partial charge in [-0.25, -0.2) is 4.98 Å². The van der Waals surface area contributed by atoms with Crippen molar-refractivity contribution in [1.29, 1.82) is 0 Å². The lowest BCUT2D eigenvalue weighted by Gasteiger charge is -2.47. The summed E-state index contributed by atoms with van der Waals surface area (Å²) >= 11 is 12.4. The van der Waals surface area contributed by atoms with E-state index >= 15 is 0 Å². The number of anilines is 2. The Morgan fingerprint density at radius 2 is 2.03 bits per heavy atom. The van der Waals surface area contributed by atoms with E-state index in [1.807, 2.05) is 25.3 Å². The highest BCUT2D eigenvalue weighted by molar-refractivity contribution is 6.35. The minimum absolute atomic E-state index is 0.0193. The Morgan fingerprint density at radius 1 is 1.21 bits per heavy atom. The van der Waals surface area contributed by atoms with Gasteiger partial charge in [0.15, 0.2) is 0 Å². The van der Waals surface area contributed by atoms with Crippen molar-refractivity contribution >= 4 is 40.7 Å². The number of nitrogens with zero attached hydrogens (tertiary/aromatic N) is 4. The van der Waals surface area contributed by atoms with E-state index in [2.05, 4.69) is 25.4 Å². The smallest absolute Gasteiger partial charge is 0.216 e. The number of benzene rings is 1. The molecule has 2 N–H and O–H groups in total. The molecule has 2 saturated heterocycles. The van der Waals surface area contributed by atoms with Crippen LogP contribution in [0.3, 0.4) is 0 Å². The van der Waals surface area contributed by atoms with Crippen LogP contribution in [0.4, 0.5) is 11.6 Å². The van der Waals surface area contributed by atoms with E-state index in [0.717, 1.165) is 56.5 Å². The molecule has 4 rings (SSSR count). The third-order valence-electron chi connectivity index (χ3n) is 6.66. The van der Waals surface area contributed by atoms with Gasteiger partial charge in [-0.3, -0.25) is 9.78 Å². The van der Waals surface area contributed by atoms with E-state index in [0.29, 0.717) is 21.9 Å². The van der Waals surface area contributed by atoms with Crippen molar-refractivity contribution < 1.29 is 4.79 Å². The summed E-state index contributed by atoms with van der Waals surface area (Å²) in [6.45, 7) is 9.55. The molecule has 0 unspecified atom stereocenters. The maximum Gasteiger partial charge on any atom is 0.216 e. The van der Waals surface area contributed by atoms with Crippen LogP contribution in [0.15, 0.2) is 30.6 Å². The molecule has 2 aliphatic heterocycles. The first-order chi connectivity index (χ1) is 15.9.